The molecule has 1 heterocycles. The maximum atomic E-state index is 8.59. The SMILES string of the molecule is NCc1cn(CCCCCCO)cn1. The Morgan fingerprint density at radius 2 is 2.07 bits per heavy atom. The Balaban J connectivity index is 2.12. The normalized spacial score (nSPS) is 10.7. The van der Waals surface area contributed by atoms with E-state index in [4.69, 9.17) is 10.8 Å². The van der Waals surface area contributed by atoms with Gasteiger partial charge in [-0.05, 0) is 12.8 Å². The molecule has 0 aliphatic carbocycles. The van der Waals surface area contributed by atoms with Crippen molar-refractivity contribution >= 4 is 0 Å². The predicted octanol–water partition coefficient (Wildman–Crippen LogP) is 0.894. The smallest absolute Gasteiger partial charge is 0.0949 e. The summed E-state index contributed by atoms with van der Waals surface area (Å²) >= 11 is 0. The number of hydrogen-bond acceptors (Lipinski definition) is 3. The lowest BCUT2D eigenvalue weighted by atomic mass is 10.2. The number of imidazole rings is 1. The summed E-state index contributed by atoms with van der Waals surface area (Å²) in [6, 6.07) is 0. The number of nitrogens with two attached hydrogens (primary N) is 1. The molecule has 0 amide bonds. The number of aliphatic hydroxyl groups is 1. The first kappa shape index (κ1) is 11.2. The summed E-state index contributed by atoms with van der Waals surface area (Å²) in [6.07, 6.45) is 8.14. The standard InChI is InChI=1S/C10H19N3O/c11-7-10-8-13(9-12-10)5-3-1-2-4-6-14/h8-9,14H,1-7,11H2. The molecule has 0 aromatic carbocycles. The van der Waals surface area contributed by atoms with Crippen LogP contribution < -0.4 is 5.73 Å². The highest BCUT2D eigenvalue weighted by molar-refractivity contribution is 4.95. The second-order valence-electron chi connectivity index (χ2n) is 3.44. The number of nitrogens with zero attached hydrogens (tertiary/aromatic N) is 2. The molecule has 0 saturated carbocycles. The van der Waals surface area contributed by atoms with Crippen molar-refractivity contribution in [3.63, 3.8) is 0 Å². The van der Waals surface area contributed by atoms with Gasteiger partial charge in [-0.3, -0.25) is 0 Å². The minimum absolute atomic E-state index is 0.308. The Morgan fingerprint density at radius 3 is 2.71 bits per heavy atom. The molecule has 1 rings (SSSR count). The summed E-state index contributed by atoms with van der Waals surface area (Å²) in [7, 11) is 0. The second kappa shape index (κ2) is 6.56. The summed E-state index contributed by atoms with van der Waals surface area (Å²) in [6.45, 7) is 1.82. The molecule has 1 aromatic heterocycles. The second-order valence-corrected chi connectivity index (χ2v) is 3.44. The lowest BCUT2D eigenvalue weighted by Crippen LogP contribution is -1.97. The van der Waals surface area contributed by atoms with Crippen molar-refractivity contribution in [1.82, 2.24) is 9.55 Å². The van der Waals surface area contributed by atoms with Crippen molar-refractivity contribution in [2.24, 2.45) is 5.73 Å². The third kappa shape index (κ3) is 3.89. The van der Waals surface area contributed by atoms with Gasteiger partial charge in [0.1, 0.15) is 0 Å². The summed E-state index contributed by atoms with van der Waals surface area (Å²) in [5.41, 5.74) is 6.40. The topological polar surface area (TPSA) is 64.1 Å². The van der Waals surface area contributed by atoms with Crippen LogP contribution in [0.2, 0.25) is 0 Å². The first-order valence-corrected chi connectivity index (χ1v) is 5.18. The number of rotatable bonds is 7. The Labute approximate surface area is 84.8 Å². The molecule has 0 saturated heterocycles. The van der Waals surface area contributed by atoms with Gasteiger partial charge in [-0.25, -0.2) is 4.98 Å². The lowest BCUT2D eigenvalue weighted by molar-refractivity contribution is 0.282. The van der Waals surface area contributed by atoms with Crippen LogP contribution in [0.1, 0.15) is 31.4 Å². The summed E-state index contributed by atoms with van der Waals surface area (Å²) in [5, 5.41) is 8.59. The van der Waals surface area contributed by atoms with Crippen LogP contribution in [-0.2, 0) is 13.1 Å². The zero-order valence-corrected chi connectivity index (χ0v) is 8.52. The number of aromatic nitrogens is 2. The minimum Gasteiger partial charge on any atom is -0.396 e. The van der Waals surface area contributed by atoms with Crippen LogP contribution in [0.25, 0.3) is 0 Å². The fraction of sp³-hybridized carbons (Fsp3) is 0.700. The monoisotopic (exact) mass is 197 g/mol. The lowest BCUT2D eigenvalue weighted by Gasteiger charge is -2.01. The van der Waals surface area contributed by atoms with E-state index in [0.29, 0.717) is 13.2 Å². The van der Waals surface area contributed by atoms with Gasteiger partial charge in [-0.2, -0.15) is 0 Å². The molecule has 0 aliphatic heterocycles. The molecule has 0 fully saturated rings. The molecule has 0 aliphatic rings. The van der Waals surface area contributed by atoms with Crippen molar-refractivity contribution < 1.29 is 5.11 Å². The fourth-order valence-electron chi connectivity index (χ4n) is 1.39. The van der Waals surface area contributed by atoms with Crippen LogP contribution in [0, 0.1) is 0 Å². The third-order valence-corrected chi connectivity index (χ3v) is 2.22. The summed E-state index contributed by atoms with van der Waals surface area (Å²) in [5.74, 6) is 0. The largest absolute Gasteiger partial charge is 0.396 e. The Bertz CT molecular complexity index is 247. The molecule has 0 bridgehead atoms. The van der Waals surface area contributed by atoms with Crippen molar-refractivity contribution in [3.8, 4) is 0 Å². The van der Waals surface area contributed by atoms with E-state index in [2.05, 4.69) is 9.55 Å². The Hall–Kier alpha value is -0.870. The Kier molecular flexibility index (Phi) is 5.25. The van der Waals surface area contributed by atoms with E-state index >= 15 is 0 Å². The quantitative estimate of drug-likeness (QED) is 0.638. The molecular weight excluding hydrogens is 178 g/mol. The molecule has 0 radical (unpaired) electrons. The minimum atomic E-state index is 0.308. The molecular formula is C10H19N3O. The van der Waals surface area contributed by atoms with E-state index in [1.54, 1.807) is 0 Å². The first-order valence-electron chi connectivity index (χ1n) is 5.18. The van der Waals surface area contributed by atoms with Gasteiger partial charge >= 0.3 is 0 Å². The average Bonchev–Trinajstić information content (AvgIpc) is 2.65. The zero-order chi connectivity index (χ0) is 10.2. The maximum Gasteiger partial charge on any atom is 0.0949 e. The van der Waals surface area contributed by atoms with Gasteiger partial charge in [0, 0.05) is 25.9 Å². The van der Waals surface area contributed by atoms with Gasteiger partial charge in [0.15, 0.2) is 0 Å². The van der Waals surface area contributed by atoms with E-state index in [9.17, 15) is 0 Å². The number of aryl methyl sites for hydroxylation is 1. The van der Waals surface area contributed by atoms with Crippen LogP contribution >= 0.6 is 0 Å². The van der Waals surface area contributed by atoms with Crippen molar-refractivity contribution in [2.75, 3.05) is 6.61 Å². The van der Waals surface area contributed by atoms with Crippen LogP contribution in [-0.4, -0.2) is 21.3 Å². The van der Waals surface area contributed by atoms with Crippen molar-refractivity contribution in [3.05, 3.63) is 18.2 Å². The fourth-order valence-corrected chi connectivity index (χ4v) is 1.39. The highest BCUT2D eigenvalue weighted by Gasteiger charge is 1.95. The summed E-state index contributed by atoms with van der Waals surface area (Å²) < 4.78 is 2.07. The highest BCUT2D eigenvalue weighted by atomic mass is 16.2. The van der Waals surface area contributed by atoms with E-state index in [-0.39, 0.29) is 0 Å². The van der Waals surface area contributed by atoms with E-state index < -0.39 is 0 Å². The van der Waals surface area contributed by atoms with E-state index in [1.165, 1.54) is 0 Å². The molecule has 14 heavy (non-hydrogen) atoms. The van der Waals surface area contributed by atoms with E-state index in [1.807, 2.05) is 12.5 Å². The average molecular weight is 197 g/mol. The van der Waals surface area contributed by atoms with Crippen LogP contribution in [0.4, 0.5) is 0 Å². The molecule has 0 spiro atoms. The molecule has 80 valence electrons. The van der Waals surface area contributed by atoms with Gasteiger partial charge in [0.2, 0.25) is 0 Å². The molecule has 0 atom stereocenters. The predicted molar refractivity (Wildman–Crippen MR) is 55.7 cm³/mol. The Morgan fingerprint density at radius 1 is 1.29 bits per heavy atom. The third-order valence-electron chi connectivity index (χ3n) is 2.22. The number of hydrogen-bond donors (Lipinski definition) is 2. The highest BCUT2D eigenvalue weighted by Crippen LogP contribution is 2.02. The van der Waals surface area contributed by atoms with Gasteiger partial charge in [0.05, 0.1) is 12.0 Å². The molecule has 3 N–H and O–H groups in total. The van der Waals surface area contributed by atoms with Crippen LogP contribution in [0.5, 0.6) is 0 Å². The van der Waals surface area contributed by atoms with Gasteiger partial charge in [-0.1, -0.05) is 12.8 Å². The molecule has 0 unspecified atom stereocenters. The summed E-state index contributed by atoms with van der Waals surface area (Å²) in [4.78, 5) is 4.15. The first-order chi connectivity index (χ1) is 6.86. The van der Waals surface area contributed by atoms with Crippen molar-refractivity contribution in [2.45, 2.75) is 38.8 Å². The van der Waals surface area contributed by atoms with Crippen LogP contribution in [0.3, 0.4) is 0 Å². The zero-order valence-electron chi connectivity index (χ0n) is 8.52. The maximum absolute atomic E-state index is 8.59. The van der Waals surface area contributed by atoms with Gasteiger partial charge in [0.25, 0.3) is 0 Å². The molecule has 4 nitrogen and oxygen atoms in total. The van der Waals surface area contributed by atoms with E-state index in [0.717, 1.165) is 37.9 Å². The number of unbranched alkanes of at least 4 members (excludes halogenated alkanes) is 3. The van der Waals surface area contributed by atoms with Gasteiger partial charge in [-0.15, -0.1) is 0 Å². The van der Waals surface area contributed by atoms with Crippen molar-refractivity contribution in [1.29, 1.82) is 0 Å². The van der Waals surface area contributed by atoms with Gasteiger partial charge < -0.3 is 15.4 Å². The molecule has 1 aromatic rings. The molecule has 4 heteroatoms. The van der Waals surface area contributed by atoms with Crippen LogP contribution in [0.15, 0.2) is 12.5 Å². The number of aliphatic hydroxyl groups excluding tert-OH is 1.